The lowest BCUT2D eigenvalue weighted by Crippen LogP contribution is -2.25. The normalized spacial score (nSPS) is 18.4. The van der Waals surface area contributed by atoms with E-state index in [-0.39, 0.29) is 0 Å². The van der Waals surface area contributed by atoms with Crippen molar-refractivity contribution in [3.8, 4) is 0 Å². The summed E-state index contributed by atoms with van der Waals surface area (Å²) < 4.78 is 22.7. The van der Waals surface area contributed by atoms with E-state index in [0.717, 1.165) is 5.56 Å². The molecule has 96 valence electrons. The van der Waals surface area contributed by atoms with E-state index in [1.807, 2.05) is 44.2 Å². The summed E-state index contributed by atoms with van der Waals surface area (Å²) in [7, 11) is -3.37. The minimum absolute atomic E-state index is 0.302. The molecule has 0 radical (unpaired) electrons. The summed E-state index contributed by atoms with van der Waals surface area (Å²) in [6.45, 7) is 5.87. The maximum Gasteiger partial charge on any atom is 0.356 e. The molecule has 0 aliphatic heterocycles. The zero-order valence-corrected chi connectivity index (χ0v) is 11.4. The number of hydrogen-bond acceptors (Lipinski definition) is 4. The van der Waals surface area contributed by atoms with Crippen molar-refractivity contribution < 1.29 is 13.7 Å². The Morgan fingerprint density at radius 1 is 1.29 bits per heavy atom. The molecule has 0 saturated heterocycles. The molecule has 1 aromatic carbocycles. The number of nitrogens with two attached hydrogens (primary N) is 1. The van der Waals surface area contributed by atoms with Gasteiger partial charge in [-0.2, -0.15) is 0 Å². The summed E-state index contributed by atoms with van der Waals surface area (Å²) in [5.41, 5.74) is 0.907. The highest BCUT2D eigenvalue weighted by Gasteiger charge is 2.47. The SMILES string of the molecule is CCOP(=O)(ON)C(C)(CC)c1ccccc1. The fourth-order valence-electron chi connectivity index (χ4n) is 1.81. The first-order valence-corrected chi connectivity index (χ1v) is 7.27. The van der Waals surface area contributed by atoms with E-state index in [4.69, 9.17) is 15.0 Å². The fraction of sp³-hybridized carbons (Fsp3) is 0.500. The van der Waals surface area contributed by atoms with E-state index in [1.165, 1.54) is 0 Å². The van der Waals surface area contributed by atoms with Crippen LogP contribution < -0.4 is 5.90 Å². The number of hydrogen-bond donors (Lipinski definition) is 1. The van der Waals surface area contributed by atoms with Gasteiger partial charge in [0.05, 0.1) is 11.8 Å². The molecular formula is C12H20NO3P. The Morgan fingerprint density at radius 3 is 2.29 bits per heavy atom. The van der Waals surface area contributed by atoms with Gasteiger partial charge in [-0.1, -0.05) is 37.3 Å². The maximum absolute atomic E-state index is 12.7. The second-order valence-corrected chi connectivity index (χ2v) is 6.47. The Morgan fingerprint density at radius 2 is 1.88 bits per heavy atom. The van der Waals surface area contributed by atoms with Gasteiger partial charge in [-0.15, -0.1) is 0 Å². The average Bonchev–Trinajstić information content (AvgIpc) is 2.38. The molecule has 2 unspecified atom stereocenters. The van der Waals surface area contributed by atoms with Crippen molar-refractivity contribution >= 4 is 7.60 Å². The van der Waals surface area contributed by atoms with Crippen LogP contribution in [0.3, 0.4) is 0 Å². The minimum atomic E-state index is -3.37. The van der Waals surface area contributed by atoms with E-state index < -0.39 is 12.8 Å². The first-order valence-electron chi connectivity index (χ1n) is 5.72. The topological polar surface area (TPSA) is 61.5 Å². The van der Waals surface area contributed by atoms with Crippen molar-refractivity contribution in [3.63, 3.8) is 0 Å². The number of rotatable bonds is 6. The van der Waals surface area contributed by atoms with Crippen LogP contribution in [0.5, 0.6) is 0 Å². The molecule has 0 spiro atoms. The van der Waals surface area contributed by atoms with Crippen molar-refractivity contribution in [2.24, 2.45) is 5.90 Å². The molecule has 0 heterocycles. The summed E-state index contributed by atoms with van der Waals surface area (Å²) in [6, 6.07) is 9.53. The Kier molecular flexibility index (Phi) is 4.90. The van der Waals surface area contributed by atoms with Crippen molar-refractivity contribution in [2.75, 3.05) is 6.61 Å². The first-order chi connectivity index (χ1) is 8.04. The lowest BCUT2D eigenvalue weighted by molar-refractivity contribution is 0.192. The molecule has 1 aromatic rings. The predicted octanol–water partition coefficient (Wildman–Crippen LogP) is 3.43. The van der Waals surface area contributed by atoms with Crippen LogP contribution in [0.4, 0.5) is 0 Å². The van der Waals surface area contributed by atoms with Gasteiger partial charge < -0.3 is 4.52 Å². The van der Waals surface area contributed by atoms with Crippen molar-refractivity contribution in [2.45, 2.75) is 32.3 Å². The summed E-state index contributed by atoms with van der Waals surface area (Å²) in [4.78, 5) is 0. The highest BCUT2D eigenvalue weighted by Crippen LogP contribution is 2.65. The molecule has 0 saturated carbocycles. The average molecular weight is 257 g/mol. The van der Waals surface area contributed by atoms with E-state index in [0.29, 0.717) is 13.0 Å². The molecule has 17 heavy (non-hydrogen) atoms. The first kappa shape index (κ1) is 14.4. The highest BCUT2D eigenvalue weighted by molar-refractivity contribution is 7.55. The van der Waals surface area contributed by atoms with E-state index >= 15 is 0 Å². The lowest BCUT2D eigenvalue weighted by Gasteiger charge is -2.34. The zero-order chi connectivity index (χ0) is 12.9. The fourth-order valence-corrected chi connectivity index (χ4v) is 3.58. The van der Waals surface area contributed by atoms with Crippen LogP contribution in [0, 0.1) is 0 Å². The third-order valence-electron chi connectivity index (χ3n) is 3.13. The lowest BCUT2D eigenvalue weighted by atomic mass is 9.98. The van der Waals surface area contributed by atoms with Gasteiger partial charge in [0.2, 0.25) is 0 Å². The van der Waals surface area contributed by atoms with Gasteiger partial charge in [0.25, 0.3) is 0 Å². The van der Waals surface area contributed by atoms with E-state index in [1.54, 1.807) is 6.92 Å². The van der Waals surface area contributed by atoms with Gasteiger partial charge in [-0.3, -0.25) is 4.57 Å². The Labute approximate surface area is 103 Å². The Hall–Kier alpha value is -0.670. The van der Waals surface area contributed by atoms with Crippen LogP contribution in [0.1, 0.15) is 32.8 Å². The molecule has 0 amide bonds. The van der Waals surface area contributed by atoms with Gasteiger partial charge in [0.15, 0.2) is 0 Å². The van der Waals surface area contributed by atoms with Gasteiger partial charge >= 0.3 is 7.60 Å². The summed E-state index contributed by atoms with van der Waals surface area (Å²) in [6.07, 6.45) is 0.617. The second kappa shape index (κ2) is 5.78. The summed E-state index contributed by atoms with van der Waals surface area (Å²) >= 11 is 0. The molecule has 0 aliphatic rings. The van der Waals surface area contributed by atoms with Gasteiger partial charge in [0.1, 0.15) is 0 Å². The molecule has 2 N–H and O–H groups in total. The van der Waals surface area contributed by atoms with Crippen molar-refractivity contribution in [1.82, 2.24) is 0 Å². The van der Waals surface area contributed by atoms with E-state index in [2.05, 4.69) is 0 Å². The monoisotopic (exact) mass is 257 g/mol. The van der Waals surface area contributed by atoms with Gasteiger partial charge in [-0.25, -0.2) is 10.5 Å². The number of benzene rings is 1. The standard InChI is InChI=1S/C12H20NO3P/c1-4-12(3,11-9-7-6-8-10-11)17(14,16-13)15-5-2/h6-10H,4-5,13H2,1-3H3. The molecule has 4 nitrogen and oxygen atoms in total. The quantitative estimate of drug-likeness (QED) is 0.626. The third kappa shape index (κ3) is 2.61. The van der Waals surface area contributed by atoms with Crippen LogP contribution in [-0.4, -0.2) is 6.61 Å². The molecule has 1 rings (SSSR count). The molecule has 2 atom stereocenters. The second-order valence-electron chi connectivity index (χ2n) is 4.01. The molecular weight excluding hydrogens is 237 g/mol. The summed E-state index contributed by atoms with van der Waals surface area (Å²) in [5, 5.41) is -0.723. The van der Waals surface area contributed by atoms with Crippen LogP contribution >= 0.6 is 7.60 Å². The third-order valence-corrected chi connectivity index (χ3v) is 5.79. The Bertz CT molecular complexity index is 396. The zero-order valence-electron chi connectivity index (χ0n) is 10.6. The van der Waals surface area contributed by atoms with Crippen molar-refractivity contribution in [1.29, 1.82) is 0 Å². The molecule has 5 heteroatoms. The van der Waals surface area contributed by atoms with E-state index in [9.17, 15) is 4.57 Å². The highest BCUT2D eigenvalue weighted by atomic mass is 31.2. The molecule has 0 bridgehead atoms. The molecule has 0 aliphatic carbocycles. The van der Waals surface area contributed by atoms with Crippen LogP contribution in [0.15, 0.2) is 30.3 Å². The van der Waals surface area contributed by atoms with Crippen LogP contribution in [-0.2, 0) is 18.9 Å². The van der Waals surface area contributed by atoms with Crippen LogP contribution in [0.2, 0.25) is 0 Å². The van der Waals surface area contributed by atoms with Crippen molar-refractivity contribution in [3.05, 3.63) is 35.9 Å². The van der Waals surface area contributed by atoms with Crippen LogP contribution in [0.25, 0.3) is 0 Å². The summed E-state index contributed by atoms with van der Waals surface area (Å²) in [5.74, 6) is 5.20. The maximum atomic E-state index is 12.7. The predicted molar refractivity (Wildman–Crippen MR) is 68.6 cm³/mol. The van der Waals surface area contributed by atoms with Gasteiger partial charge in [-0.05, 0) is 25.8 Å². The largest absolute Gasteiger partial charge is 0.356 e. The molecule has 0 aromatic heterocycles. The molecule has 0 fully saturated rings. The Balaban J connectivity index is 3.24. The smallest absolute Gasteiger partial charge is 0.307 e. The minimum Gasteiger partial charge on any atom is -0.307 e. The van der Waals surface area contributed by atoms with Gasteiger partial charge in [0, 0.05) is 0 Å².